The molecule has 1 aromatic heterocycles. The zero-order valence-corrected chi connectivity index (χ0v) is 9.58. The van der Waals surface area contributed by atoms with Gasteiger partial charge in [-0.2, -0.15) is 5.48 Å². The molecule has 0 radical (unpaired) electrons. The van der Waals surface area contributed by atoms with E-state index in [4.69, 9.17) is 4.84 Å². The van der Waals surface area contributed by atoms with Gasteiger partial charge in [-0.15, -0.1) is 0 Å². The van der Waals surface area contributed by atoms with Crippen LogP contribution in [0, 0.1) is 0 Å². The zero-order valence-electron chi connectivity index (χ0n) is 9.58. The Bertz CT molecular complexity index is 344. The molecule has 3 nitrogen and oxygen atoms in total. The number of hydrogen-bond donors (Lipinski definition) is 1. The summed E-state index contributed by atoms with van der Waals surface area (Å²) in [5.41, 5.74) is 5.44. The molecule has 1 N–H and O–H groups in total. The lowest BCUT2D eigenvalue weighted by Crippen LogP contribution is -2.31. The summed E-state index contributed by atoms with van der Waals surface area (Å²) in [6, 6.07) is 4.38. The number of rotatable bonds is 2. The molecule has 0 saturated carbocycles. The van der Waals surface area contributed by atoms with E-state index in [0.29, 0.717) is 0 Å². The molecular weight excluding hydrogens is 188 g/mol. The molecule has 82 valence electrons. The van der Waals surface area contributed by atoms with Crippen LogP contribution in [-0.2, 0) is 11.3 Å². The van der Waals surface area contributed by atoms with Crippen molar-refractivity contribution in [1.82, 2.24) is 10.5 Å². The smallest absolute Gasteiger partial charge is 0.0813 e. The molecule has 1 heterocycles. The van der Waals surface area contributed by atoms with E-state index in [9.17, 15) is 0 Å². The number of nitrogens with one attached hydrogen (secondary N) is 1. The molecule has 0 aromatic carbocycles. The van der Waals surface area contributed by atoms with Crippen molar-refractivity contribution in [1.29, 1.82) is 0 Å². The first-order valence-corrected chi connectivity index (χ1v) is 5.43. The van der Waals surface area contributed by atoms with E-state index in [-0.39, 0.29) is 11.6 Å². The average molecular weight is 206 g/mol. The van der Waals surface area contributed by atoms with Gasteiger partial charge in [0.1, 0.15) is 0 Å². The van der Waals surface area contributed by atoms with Gasteiger partial charge < -0.3 is 0 Å². The minimum Gasteiger partial charge on any atom is -0.295 e. The van der Waals surface area contributed by atoms with Gasteiger partial charge in [-0.25, -0.2) is 0 Å². The molecule has 0 spiro atoms. The highest BCUT2D eigenvalue weighted by molar-refractivity contribution is 5.27. The third-order valence-electron chi connectivity index (χ3n) is 2.47. The largest absolute Gasteiger partial charge is 0.295 e. The second kappa shape index (κ2) is 3.91. The lowest BCUT2D eigenvalue weighted by atomic mass is 10.2. The van der Waals surface area contributed by atoms with Crippen LogP contribution in [0.2, 0.25) is 0 Å². The summed E-state index contributed by atoms with van der Waals surface area (Å²) in [7, 11) is 0. The summed E-state index contributed by atoms with van der Waals surface area (Å²) in [6.07, 6.45) is 4.01. The minimum atomic E-state index is -0.155. The Morgan fingerprint density at radius 2 is 2.27 bits per heavy atom. The Hall–Kier alpha value is -0.930. The summed E-state index contributed by atoms with van der Waals surface area (Å²) in [4.78, 5) is 9.98. The van der Waals surface area contributed by atoms with Crippen molar-refractivity contribution in [3.8, 4) is 0 Å². The zero-order chi connectivity index (χ0) is 10.9. The Kier molecular flexibility index (Phi) is 2.76. The molecule has 3 heteroatoms. The number of hydrogen-bond acceptors (Lipinski definition) is 3. The van der Waals surface area contributed by atoms with Gasteiger partial charge in [-0.3, -0.25) is 9.82 Å². The molecule has 1 aromatic rings. The molecule has 0 amide bonds. The Labute approximate surface area is 90.8 Å². The number of nitrogens with zero attached hydrogens (tertiary/aromatic N) is 1. The lowest BCUT2D eigenvalue weighted by Gasteiger charge is -2.22. The first kappa shape index (κ1) is 10.6. The van der Waals surface area contributed by atoms with Gasteiger partial charge in [0.25, 0.3) is 0 Å². The van der Waals surface area contributed by atoms with Crippen molar-refractivity contribution in [2.24, 2.45) is 0 Å². The van der Waals surface area contributed by atoms with Crippen molar-refractivity contribution in [2.45, 2.75) is 45.3 Å². The van der Waals surface area contributed by atoms with Gasteiger partial charge >= 0.3 is 0 Å². The summed E-state index contributed by atoms with van der Waals surface area (Å²) in [5, 5.41) is 0. The van der Waals surface area contributed by atoms with Crippen LogP contribution in [0.1, 0.15) is 44.5 Å². The van der Waals surface area contributed by atoms with E-state index in [0.717, 1.165) is 18.5 Å². The van der Waals surface area contributed by atoms with Crippen LogP contribution in [0.5, 0.6) is 0 Å². The number of fused-ring (bicyclic) bond motifs is 1. The van der Waals surface area contributed by atoms with E-state index in [1.807, 2.05) is 33.0 Å². The van der Waals surface area contributed by atoms with Gasteiger partial charge in [0.15, 0.2) is 0 Å². The predicted octanol–water partition coefficient (Wildman–Crippen LogP) is 2.39. The molecule has 1 aliphatic rings. The number of aryl methyl sites for hydroxylation is 1. The summed E-state index contributed by atoms with van der Waals surface area (Å²) in [5.74, 6) is 0. The Morgan fingerprint density at radius 1 is 1.47 bits per heavy atom. The molecule has 1 unspecified atom stereocenters. The third kappa shape index (κ3) is 2.55. The standard InChI is InChI=1S/C12H18N2O/c1-12(2,3)15-14-10-7-6-9-5-4-8-13-11(9)10/h4-5,8,10,14H,6-7H2,1-3H3. The quantitative estimate of drug-likeness (QED) is 0.754. The maximum atomic E-state index is 5.58. The van der Waals surface area contributed by atoms with E-state index < -0.39 is 0 Å². The fraction of sp³-hybridized carbons (Fsp3) is 0.583. The van der Waals surface area contributed by atoms with Crippen LogP contribution in [0.3, 0.4) is 0 Å². The summed E-state index contributed by atoms with van der Waals surface area (Å²) < 4.78 is 0. The first-order chi connectivity index (χ1) is 7.06. The minimum absolute atomic E-state index is 0.155. The highest BCUT2D eigenvalue weighted by Gasteiger charge is 2.25. The first-order valence-electron chi connectivity index (χ1n) is 5.43. The highest BCUT2D eigenvalue weighted by Crippen LogP contribution is 2.29. The van der Waals surface area contributed by atoms with Crippen LogP contribution in [0.15, 0.2) is 18.3 Å². The second-order valence-electron chi connectivity index (χ2n) is 4.97. The molecule has 15 heavy (non-hydrogen) atoms. The fourth-order valence-electron chi connectivity index (χ4n) is 1.78. The van der Waals surface area contributed by atoms with E-state index >= 15 is 0 Å². The van der Waals surface area contributed by atoms with Crippen molar-refractivity contribution in [3.05, 3.63) is 29.6 Å². The normalized spacial score (nSPS) is 20.3. The maximum absolute atomic E-state index is 5.58. The molecule has 1 atom stereocenters. The lowest BCUT2D eigenvalue weighted by molar-refractivity contribution is -0.0893. The van der Waals surface area contributed by atoms with Crippen LogP contribution in [0.4, 0.5) is 0 Å². The predicted molar refractivity (Wildman–Crippen MR) is 59.3 cm³/mol. The van der Waals surface area contributed by atoms with Crippen LogP contribution in [0.25, 0.3) is 0 Å². The summed E-state index contributed by atoms with van der Waals surface area (Å²) in [6.45, 7) is 6.11. The van der Waals surface area contributed by atoms with E-state index in [1.165, 1.54) is 5.56 Å². The number of aromatic nitrogens is 1. The number of pyridine rings is 1. The van der Waals surface area contributed by atoms with Gasteiger partial charge in [-0.05, 0) is 45.2 Å². The maximum Gasteiger partial charge on any atom is 0.0813 e. The topological polar surface area (TPSA) is 34.1 Å². The highest BCUT2D eigenvalue weighted by atomic mass is 16.7. The molecule has 0 bridgehead atoms. The van der Waals surface area contributed by atoms with Crippen molar-refractivity contribution >= 4 is 0 Å². The molecule has 1 aliphatic carbocycles. The van der Waals surface area contributed by atoms with Crippen LogP contribution < -0.4 is 5.48 Å². The molecule has 2 rings (SSSR count). The number of hydroxylamine groups is 1. The van der Waals surface area contributed by atoms with Gasteiger partial charge in [0.05, 0.1) is 17.3 Å². The fourth-order valence-corrected chi connectivity index (χ4v) is 1.78. The third-order valence-corrected chi connectivity index (χ3v) is 2.47. The molecular formula is C12H18N2O. The van der Waals surface area contributed by atoms with Crippen molar-refractivity contribution in [3.63, 3.8) is 0 Å². The monoisotopic (exact) mass is 206 g/mol. The second-order valence-corrected chi connectivity index (χ2v) is 4.97. The van der Waals surface area contributed by atoms with Crippen molar-refractivity contribution < 1.29 is 4.84 Å². The van der Waals surface area contributed by atoms with Gasteiger partial charge in [0, 0.05) is 6.20 Å². The van der Waals surface area contributed by atoms with Crippen LogP contribution in [-0.4, -0.2) is 10.6 Å². The van der Waals surface area contributed by atoms with Gasteiger partial charge in [0.2, 0.25) is 0 Å². The molecule has 0 fully saturated rings. The average Bonchev–Trinajstić information content (AvgIpc) is 2.57. The summed E-state index contributed by atoms with van der Waals surface area (Å²) >= 11 is 0. The van der Waals surface area contributed by atoms with Crippen LogP contribution >= 0.6 is 0 Å². The Balaban J connectivity index is 2.02. The Morgan fingerprint density at radius 3 is 3.00 bits per heavy atom. The van der Waals surface area contributed by atoms with Gasteiger partial charge in [-0.1, -0.05) is 6.07 Å². The van der Waals surface area contributed by atoms with E-state index in [2.05, 4.69) is 16.5 Å². The SMILES string of the molecule is CC(C)(C)ONC1CCc2cccnc21. The van der Waals surface area contributed by atoms with E-state index in [1.54, 1.807) is 0 Å². The molecule has 0 aliphatic heterocycles. The molecule has 0 saturated heterocycles. The van der Waals surface area contributed by atoms with Crippen molar-refractivity contribution in [2.75, 3.05) is 0 Å².